The number of amides is 1. The van der Waals surface area contributed by atoms with Crippen molar-refractivity contribution >= 4 is 28.9 Å². The van der Waals surface area contributed by atoms with Crippen molar-refractivity contribution in [2.24, 2.45) is 0 Å². The van der Waals surface area contributed by atoms with Gasteiger partial charge in [-0.1, -0.05) is 36.4 Å². The number of carboxylic acid groups (broad SMARTS) is 1. The zero-order valence-corrected chi connectivity index (χ0v) is 18.1. The number of rotatable bonds is 7. The number of hydrogen-bond acceptors (Lipinski definition) is 5. The molecule has 31 heavy (non-hydrogen) atoms. The second-order valence-electron chi connectivity index (χ2n) is 7.09. The molecule has 2 N–H and O–H groups in total. The van der Waals surface area contributed by atoms with Crippen LogP contribution in [0.4, 0.5) is 5.69 Å². The molecule has 0 spiro atoms. The highest BCUT2D eigenvalue weighted by Gasteiger charge is 2.34. The highest BCUT2D eigenvalue weighted by atomic mass is 32.1. The quantitative estimate of drug-likeness (QED) is 0.518. The molecule has 2 aromatic carbocycles. The number of ether oxygens (including phenoxy) is 2. The third-order valence-electron chi connectivity index (χ3n) is 5.13. The van der Waals surface area contributed by atoms with Crippen molar-refractivity contribution in [1.29, 1.82) is 0 Å². The van der Waals surface area contributed by atoms with Gasteiger partial charge in [0.2, 0.25) is 5.91 Å². The SMILES string of the molecule is CCOc1ccc(C2CC(=O)Nc3c2sc(C(=O)O)c3-c2ccccc2)cc1OCC. The Labute approximate surface area is 184 Å². The topological polar surface area (TPSA) is 84.9 Å². The number of aromatic carboxylic acids is 1. The summed E-state index contributed by atoms with van der Waals surface area (Å²) in [5.41, 5.74) is 2.80. The molecule has 1 aliphatic heterocycles. The molecule has 1 aliphatic rings. The lowest BCUT2D eigenvalue weighted by Gasteiger charge is -2.24. The van der Waals surface area contributed by atoms with E-state index < -0.39 is 5.97 Å². The molecule has 4 rings (SSSR count). The van der Waals surface area contributed by atoms with Crippen LogP contribution in [0.25, 0.3) is 11.1 Å². The lowest BCUT2D eigenvalue weighted by atomic mass is 9.88. The molecule has 6 nitrogen and oxygen atoms in total. The lowest BCUT2D eigenvalue weighted by molar-refractivity contribution is -0.116. The molecular formula is C24H23NO5S. The smallest absolute Gasteiger partial charge is 0.346 e. The Kier molecular flexibility index (Phi) is 5.95. The van der Waals surface area contributed by atoms with Crippen LogP contribution in [0.2, 0.25) is 0 Å². The fourth-order valence-corrected chi connectivity index (χ4v) is 5.12. The second-order valence-corrected chi connectivity index (χ2v) is 8.15. The van der Waals surface area contributed by atoms with Gasteiger partial charge in [0.25, 0.3) is 0 Å². The molecule has 2 heterocycles. The fraction of sp³-hybridized carbons (Fsp3) is 0.250. The molecule has 0 bridgehead atoms. The van der Waals surface area contributed by atoms with Crippen molar-refractivity contribution in [2.45, 2.75) is 26.2 Å². The maximum atomic E-state index is 12.6. The van der Waals surface area contributed by atoms with Crippen LogP contribution in [0.3, 0.4) is 0 Å². The average molecular weight is 438 g/mol. The Morgan fingerprint density at radius 2 is 1.81 bits per heavy atom. The van der Waals surface area contributed by atoms with E-state index in [0.29, 0.717) is 36.0 Å². The van der Waals surface area contributed by atoms with E-state index in [-0.39, 0.29) is 23.1 Å². The van der Waals surface area contributed by atoms with E-state index in [9.17, 15) is 14.7 Å². The predicted octanol–water partition coefficient (Wildman–Crippen LogP) is 5.38. The Hall–Kier alpha value is -3.32. The minimum Gasteiger partial charge on any atom is -0.490 e. The molecule has 3 aromatic rings. The molecule has 160 valence electrons. The predicted molar refractivity (Wildman–Crippen MR) is 121 cm³/mol. The van der Waals surface area contributed by atoms with Gasteiger partial charge in [-0.05, 0) is 37.1 Å². The molecule has 0 radical (unpaired) electrons. The van der Waals surface area contributed by atoms with Crippen molar-refractivity contribution in [1.82, 2.24) is 0 Å². The van der Waals surface area contributed by atoms with E-state index in [2.05, 4.69) is 5.32 Å². The van der Waals surface area contributed by atoms with Gasteiger partial charge in [-0.3, -0.25) is 4.79 Å². The standard InChI is InChI=1S/C24H23NO5S/c1-3-29-17-11-10-15(12-18(17)30-4-2)16-13-19(26)25-21-20(14-8-6-5-7-9-14)23(24(27)28)31-22(16)21/h5-12,16H,3-4,13H2,1-2H3,(H,25,26)(H,27,28). The highest BCUT2D eigenvalue weighted by molar-refractivity contribution is 7.15. The number of carbonyl (C=O) groups excluding carboxylic acids is 1. The Morgan fingerprint density at radius 3 is 2.48 bits per heavy atom. The number of carbonyl (C=O) groups is 2. The van der Waals surface area contributed by atoms with Gasteiger partial charge in [0.1, 0.15) is 4.88 Å². The maximum Gasteiger partial charge on any atom is 0.346 e. The number of fused-ring (bicyclic) bond motifs is 1. The maximum absolute atomic E-state index is 12.6. The van der Waals surface area contributed by atoms with Crippen LogP contribution >= 0.6 is 11.3 Å². The third kappa shape index (κ3) is 4.01. The van der Waals surface area contributed by atoms with E-state index in [0.717, 1.165) is 16.0 Å². The van der Waals surface area contributed by atoms with Gasteiger partial charge in [-0.25, -0.2) is 4.79 Å². The normalized spacial score (nSPS) is 15.2. The van der Waals surface area contributed by atoms with Gasteiger partial charge < -0.3 is 19.9 Å². The Morgan fingerprint density at radius 1 is 1.10 bits per heavy atom. The third-order valence-corrected chi connectivity index (χ3v) is 6.42. The zero-order chi connectivity index (χ0) is 22.0. The molecule has 0 fully saturated rings. The van der Waals surface area contributed by atoms with Crippen LogP contribution in [-0.4, -0.2) is 30.2 Å². The number of benzene rings is 2. The van der Waals surface area contributed by atoms with Gasteiger partial charge >= 0.3 is 5.97 Å². The number of nitrogens with one attached hydrogen (secondary N) is 1. The van der Waals surface area contributed by atoms with Gasteiger partial charge in [-0.2, -0.15) is 0 Å². The molecule has 1 amide bonds. The van der Waals surface area contributed by atoms with Gasteiger partial charge in [0.05, 0.1) is 18.9 Å². The summed E-state index contributed by atoms with van der Waals surface area (Å²) in [6.45, 7) is 4.81. The number of hydrogen-bond donors (Lipinski definition) is 2. The van der Waals surface area contributed by atoms with Crippen molar-refractivity contribution in [2.75, 3.05) is 18.5 Å². The summed E-state index contributed by atoms with van der Waals surface area (Å²) >= 11 is 1.22. The Bertz CT molecular complexity index is 1120. The van der Waals surface area contributed by atoms with Gasteiger partial charge in [-0.15, -0.1) is 11.3 Å². The highest BCUT2D eigenvalue weighted by Crippen LogP contribution is 2.50. The van der Waals surface area contributed by atoms with E-state index >= 15 is 0 Å². The number of anilines is 1. The molecule has 7 heteroatoms. The van der Waals surface area contributed by atoms with Crippen LogP contribution in [0.1, 0.15) is 46.3 Å². The molecule has 0 saturated carbocycles. The van der Waals surface area contributed by atoms with E-state index in [1.165, 1.54) is 11.3 Å². The molecule has 1 atom stereocenters. The van der Waals surface area contributed by atoms with E-state index in [1.807, 2.05) is 62.4 Å². The van der Waals surface area contributed by atoms with Crippen LogP contribution in [0.5, 0.6) is 11.5 Å². The first kappa shape index (κ1) is 20.9. The van der Waals surface area contributed by atoms with Crippen molar-refractivity contribution < 1.29 is 24.2 Å². The van der Waals surface area contributed by atoms with Crippen molar-refractivity contribution in [3.05, 3.63) is 63.8 Å². The summed E-state index contributed by atoms with van der Waals surface area (Å²) in [6, 6.07) is 15.0. The molecule has 0 saturated heterocycles. The molecule has 1 unspecified atom stereocenters. The summed E-state index contributed by atoms with van der Waals surface area (Å²) in [6.07, 6.45) is 0.236. The van der Waals surface area contributed by atoms with E-state index in [4.69, 9.17) is 9.47 Å². The molecule has 1 aromatic heterocycles. The van der Waals surface area contributed by atoms with Crippen LogP contribution < -0.4 is 14.8 Å². The van der Waals surface area contributed by atoms with Crippen molar-refractivity contribution in [3.63, 3.8) is 0 Å². The minimum atomic E-state index is -1.01. The lowest BCUT2D eigenvalue weighted by Crippen LogP contribution is -2.22. The summed E-state index contributed by atoms with van der Waals surface area (Å²) in [5.74, 6) is -0.146. The second kappa shape index (κ2) is 8.81. The minimum absolute atomic E-state index is 0.142. The van der Waals surface area contributed by atoms with Gasteiger partial charge in [0.15, 0.2) is 11.5 Å². The summed E-state index contributed by atoms with van der Waals surface area (Å²) in [7, 11) is 0. The summed E-state index contributed by atoms with van der Waals surface area (Å²) < 4.78 is 11.4. The first-order chi connectivity index (χ1) is 15.0. The Balaban J connectivity index is 1.86. The number of carboxylic acids is 1. The molecular weight excluding hydrogens is 414 g/mol. The van der Waals surface area contributed by atoms with Gasteiger partial charge in [0, 0.05) is 22.8 Å². The van der Waals surface area contributed by atoms with Crippen molar-refractivity contribution in [3.8, 4) is 22.6 Å². The molecule has 0 aliphatic carbocycles. The number of thiophene rings is 1. The first-order valence-corrected chi connectivity index (χ1v) is 11.0. The van der Waals surface area contributed by atoms with Crippen LogP contribution in [0, 0.1) is 0 Å². The first-order valence-electron chi connectivity index (χ1n) is 10.2. The summed E-state index contributed by atoms with van der Waals surface area (Å²) in [4.78, 5) is 25.8. The summed E-state index contributed by atoms with van der Waals surface area (Å²) in [5, 5.41) is 12.8. The average Bonchev–Trinajstić information content (AvgIpc) is 3.15. The monoisotopic (exact) mass is 437 g/mol. The zero-order valence-electron chi connectivity index (χ0n) is 17.3. The van der Waals surface area contributed by atoms with Crippen LogP contribution in [-0.2, 0) is 4.79 Å². The van der Waals surface area contributed by atoms with E-state index in [1.54, 1.807) is 0 Å². The largest absolute Gasteiger partial charge is 0.490 e. The fourth-order valence-electron chi connectivity index (χ4n) is 3.87. The van der Waals surface area contributed by atoms with Crippen LogP contribution in [0.15, 0.2) is 48.5 Å².